The summed E-state index contributed by atoms with van der Waals surface area (Å²) >= 11 is 0. The summed E-state index contributed by atoms with van der Waals surface area (Å²) in [7, 11) is -1.16. The van der Waals surface area contributed by atoms with Crippen LogP contribution in [0.2, 0.25) is 0 Å². The molecular formula is C18H21NO4. The van der Waals surface area contributed by atoms with E-state index in [9.17, 15) is 11.3 Å². The highest BCUT2D eigenvalue weighted by Gasteiger charge is 2.72. The van der Waals surface area contributed by atoms with Crippen molar-refractivity contribution in [3.05, 3.63) is 23.3 Å². The quantitative estimate of drug-likeness (QED) is 0.838. The molecule has 5 nitrogen and oxygen atoms in total. The number of carbonyl (C=O) groups is 1. The molecule has 5 heteroatoms. The normalized spacial score (nSPS) is 50.3. The molecule has 1 spiro atoms. The number of nitrogens with zero attached hydrogens (tertiary/aromatic N) is 1. The second-order valence-electron chi connectivity index (χ2n) is 6.86. The summed E-state index contributed by atoms with van der Waals surface area (Å²) in [5.74, 6) is -0.367. The zero-order valence-electron chi connectivity index (χ0n) is 18.7. The van der Waals surface area contributed by atoms with Crippen molar-refractivity contribution in [2.45, 2.75) is 48.8 Å². The van der Waals surface area contributed by atoms with Gasteiger partial charge >= 0.3 is 0 Å². The van der Waals surface area contributed by atoms with Crippen LogP contribution in [0.4, 0.5) is 0 Å². The number of carbonyl (C=O) groups excluding carboxylic acids is 1. The maximum absolute atomic E-state index is 12.8. The van der Waals surface area contributed by atoms with Crippen molar-refractivity contribution < 1.29 is 27.6 Å². The summed E-state index contributed by atoms with van der Waals surface area (Å²) in [5.41, 5.74) is -2.80. The molecule has 0 amide bonds. The molecule has 2 aliphatic carbocycles. The maximum Gasteiger partial charge on any atom is 0.174 e. The number of benzene rings is 1. The van der Waals surface area contributed by atoms with E-state index >= 15 is 0 Å². The molecule has 0 radical (unpaired) electrons. The van der Waals surface area contributed by atoms with Gasteiger partial charge in [-0.05, 0) is 44.4 Å². The van der Waals surface area contributed by atoms with E-state index in [1.165, 1.54) is 17.0 Å². The first-order valence-electron chi connectivity index (χ1n) is 10.8. The van der Waals surface area contributed by atoms with E-state index in [1.807, 2.05) is 0 Å². The van der Waals surface area contributed by atoms with Gasteiger partial charge in [0, 0.05) is 20.7 Å². The predicted octanol–water partition coefficient (Wildman–Crippen LogP) is 1.05. The molecule has 1 unspecified atom stereocenters. The Morgan fingerprint density at radius 2 is 2.43 bits per heavy atom. The van der Waals surface area contributed by atoms with Crippen molar-refractivity contribution in [1.29, 1.82) is 0 Å². The second kappa shape index (κ2) is 4.08. The largest absolute Gasteiger partial charge is 0.493 e. The molecule has 122 valence electrons. The summed E-state index contributed by atoms with van der Waals surface area (Å²) in [6, 6.07) is 0.663. The molecular weight excluding hydrogens is 294 g/mol. The Labute approximate surface area is 143 Å². The third-order valence-corrected chi connectivity index (χ3v) is 5.99. The first-order chi connectivity index (χ1) is 13.3. The van der Waals surface area contributed by atoms with Gasteiger partial charge in [0.05, 0.1) is 23.5 Å². The summed E-state index contributed by atoms with van der Waals surface area (Å²) in [5, 5.41) is 12.0. The van der Waals surface area contributed by atoms with Crippen molar-refractivity contribution in [2.75, 3.05) is 20.6 Å². The third-order valence-electron chi connectivity index (χ3n) is 5.99. The van der Waals surface area contributed by atoms with Gasteiger partial charge in [-0.2, -0.15) is 0 Å². The fourth-order valence-electron chi connectivity index (χ4n) is 4.97. The van der Waals surface area contributed by atoms with Crippen molar-refractivity contribution in [3.63, 3.8) is 0 Å². The zero-order chi connectivity index (χ0) is 21.2. The molecule has 23 heavy (non-hydrogen) atoms. The van der Waals surface area contributed by atoms with Crippen LogP contribution < -0.4 is 9.47 Å². The maximum atomic E-state index is 12.8. The molecule has 5 rings (SSSR count). The van der Waals surface area contributed by atoms with Crippen LogP contribution in [0.15, 0.2) is 12.1 Å². The van der Waals surface area contributed by atoms with Crippen molar-refractivity contribution in [3.8, 4) is 11.5 Å². The minimum atomic E-state index is -2.76. The highest BCUT2D eigenvalue weighted by atomic mass is 16.5. The number of hydrogen-bond acceptors (Lipinski definition) is 5. The fraction of sp³-hybridized carbons (Fsp3) is 0.611. The number of likely N-dealkylation sites (N-methyl/N-ethyl adjacent to an activating group) is 1. The highest BCUT2D eigenvalue weighted by molar-refractivity contribution is 5.90. The minimum Gasteiger partial charge on any atom is -0.493 e. The molecule has 4 aliphatic rings. The minimum absolute atomic E-state index is 0.00669. The smallest absolute Gasteiger partial charge is 0.174 e. The Kier molecular flexibility index (Phi) is 1.60. The van der Waals surface area contributed by atoms with Crippen LogP contribution in [0.25, 0.3) is 0 Å². The Morgan fingerprint density at radius 1 is 1.57 bits per heavy atom. The molecule has 1 N–H and O–H groups in total. The SMILES string of the molecule is [2H]C([2H])([2H])Oc1ccc2c3c1OC1C(=O)CC[C@]4(O)[C@@]31CCN(C)[C@]4([2H])C2([2H])[2H]. The van der Waals surface area contributed by atoms with Crippen LogP contribution in [0.5, 0.6) is 11.5 Å². The van der Waals surface area contributed by atoms with Gasteiger partial charge in [-0.25, -0.2) is 0 Å². The van der Waals surface area contributed by atoms with E-state index in [-0.39, 0.29) is 54.2 Å². The van der Waals surface area contributed by atoms with Crippen LogP contribution in [-0.4, -0.2) is 54.1 Å². The molecule has 1 aromatic rings. The lowest BCUT2D eigenvalue weighted by Gasteiger charge is -2.62. The van der Waals surface area contributed by atoms with E-state index in [4.69, 9.17) is 16.3 Å². The zero-order valence-corrected chi connectivity index (χ0v) is 12.7. The standard InChI is InChI=1S/C18H21NO4/c1-19-8-7-17-14-10-3-4-12(22-2)15(14)23-16(17)11(20)5-6-18(17,21)13(19)9-10/h3-4,13,16,21H,5-9H2,1-2H3/t13-,16?,17+,18-/m1/s1/i2D3,9D2,13D. The topological polar surface area (TPSA) is 59.0 Å². The monoisotopic (exact) mass is 321 g/mol. The number of ketones is 1. The van der Waals surface area contributed by atoms with E-state index in [0.29, 0.717) is 0 Å². The number of methoxy groups -OCH3 is 1. The lowest BCUT2D eigenvalue weighted by Crippen LogP contribution is -2.76. The van der Waals surface area contributed by atoms with Gasteiger partial charge in [-0.1, -0.05) is 6.07 Å². The number of ether oxygens (including phenoxy) is 2. The molecule has 4 atom stereocenters. The summed E-state index contributed by atoms with van der Waals surface area (Å²) in [6.07, 6.45) is -3.24. The van der Waals surface area contributed by atoms with Gasteiger partial charge in [0.1, 0.15) is 0 Å². The highest BCUT2D eigenvalue weighted by Crippen LogP contribution is 2.64. The third kappa shape index (κ3) is 1.32. The average molecular weight is 321 g/mol. The molecule has 2 aliphatic heterocycles. The predicted molar refractivity (Wildman–Crippen MR) is 83.0 cm³/mol. The number of piperidine rings is 1. The lowest BCUT2D eigenvalue weighted by molar-refractivity contribution is -0.185. The molecule has 2 fully saturated rings. The number of likely N-dealkylation sites (tertiary alicyclic amines) is 1. The molecule has 2 heterocycles. The molecule has 1 aromatic carbocycles. The molecule has 0 aromatic heterocycles. The number of hydrogen-bond donors (Lipinski definition) is 1. The Hall–Kier alpha value is -1.59. The van der Waals surface area contributed by atoms with Gasteiger partial charge in [-0.15, -0.1) is 0 Å². The van der Waals surface area contributed by atoms with E-state index in [0.717, 1.165) is 0 Å². The first kappa shape index (κ1) is 9.04. The van der Waals surface area contributed by atoms with Gasteiger partial charge in [0.25, 0.3) is 0 Å². The number of Topliss-reactive ketones (excluding diaryl/α,β-unsaturated/α-hetero) is 1. The van der Waals surface area contributed by atoms with Crippen LogP contribution in [0.3, 0.4) is 0 Å². The van der Waals surface area contributed by atoms with E-state index in [1.54, 1.807) is 7.05 Å². The van der Waals surface area contributed by atoms with Crippen LogP contribution in [-0.2, 0) is 16.6 Å². The van der Waals surface area contributed by atoms with Crippen LogP contribution in [0, 0.1) is 0 Å². The Bertz CT molecular complexity index is 951. The average Bonchev–Trinajstić information content (AvgIpc) is 2.97. The Morgan fingerprint density at radius 3 is 3.26 bits per heavy atom. The summed E-state index contributed by atoms with van der Waals surface area (Å²) in [6.45, 7) is 0.279. The van der Waals surface area contributed by atoms with Crippen LogP contribution in [0.1, 0.15) is 38.6 Å². The summed E-state index contributed by atoms with van der Waals surface area (Å²) < 4.78 is 60.2. The van der Waals surface area contributed by atoms with Crippen LogP contribution >= 0.6 is 0 Å². The molecule has 1 saturated heterocycles. The van der Waals surface area contributed by atoms with Gasteiger partial charge < -0.3 is 19.5 Å². The molecule has 1 saturated carbocycles. The number of rotatable bonds is 1. The van der Waals surface area contributed by atoms with E-state index < -0.39 is 36.5 Å². The summed E-state index contributed by atoms with van der Waals surface area (Å²) in [4.78, 5) is 14.4. The molecule has 2 bridgehead atoms. The van der Waals surface area contributed by atoms with Gasteiger partial charge in [0.2, 0.25) is 0 Å². The van der Waals surface area contributed by atoms with Gasteiger partial charge in [-0.3, -0.25) is 4.79 Å². The first-order valence-corrected chi connectivity index (χ1v) is 7.81. The second-order valence-corrected chi connectivity index (χ2v) is 6.86. The number of aliphatic hydroxyl groups is 1. The van der Waals surface area contributed by atoms with Gasteiger partial charge in [0.15, 0.2) is 23.4 Å². The van der Waals surface area contributed by atoms with Crippen molar-refractivity contribution >= 4 is 5.78 Å². The Balaban J connectivity index is 1.88. The van der Waals surface area contributed by atoms with Crippen molar-refractivity contribution in [2.24, 2.45) is 0 Å². The fourth-order valence-corrected chi connectivity index (χ4v) is 4.97. The van der Waals surface area contributed by atoms with Crippen molar-refractivity contribution in [1.82, 2.24) is 4.90 Å². The lowest BCUT2D eigenvalue weighted by atomic mass is 9.49. The van der Waals surface area contributed by atoms with E-state index in [2.05, 4.69) is 0 Å².